The summed E-state index contributed by atoms with van der Waals surface area (Å²) in [6, 6.07) is 10.3. The van der Waals surface area contributed by atoms with Crippen molar-refractivity contribution >= 4 is 29.1 Å². The summed E-state index contributed by atoms with van der Waals surface area (Å²) in [5.41, 5.74) is 1.65. The summed E-state index contributed by atoms with van der Waals surface area (Å²) in [5.74, 6) is -1.56. The highest BCUT2D eigenvalue weighted by Gasteiger charge is 2.37. The van der Waals surface area contributed by atoms with Crippen LogP contribution in [0.1, 0.15) is 11.1 Å². The molecule has 0 saturated heterocycles. The molecule has 0 saturated carbocycles. The van der Waals surface area contributed by atoms with Crippen LogP contribution < -0.4 is 5.32 Å². The van der Waals surface area contributed by atoms with Crippen molar-refractivity contribution in [3.63, 3.8) is 0 Å². The minimum absolute atomic E-state index is 0.0154. The van der Waals surface area contributed by atoms with Crippen molar-refractivity contribution in [3.05, 3.63) is 70.1 Å². The first-order chi connectivity index (χ1) is 11.9. The highest BCUT2D eigenvalue weighted by atomic mass is 35.5. The molecule has 2 aromatic rings. The molecule has 2 aromatic carbocycles. The van der Waals surface area contributed by atoms with Gasteiger partial charge in [-0.2, -0.15) is 0 Å². The lowest BCUT2D eigenvalue weighted by molar-refractivity contribution is -0.138. The van der Waals surface area contributed by atoms with E-state index < -0.39 is 17.6 Å². The molecule has 3 rings (SSSR count). The van der Waals surface area contributed by atoms with Gasteiger partial charge in [0.1, 0.15) is 22.3 Å². The van der Waals surface area contributed by atoms with E-state index in [0.717, 1.165) is 4.90 Å². The third-order valence-corrected chi connectivity index (χ3v) is 4.19. The molecule has 1 heterocycles. The van der Waals surface area contributed by atoms with E-state index in [0.29, 0.717) is 16.8 Å². The summed E-state index contributed by atoms with van der Waals surface area (Å²) in [5, 5.41) is 12.3. The van der Waals surface area contributed by atoms with Gasteiger partial charge in [0.25, 0.3) is 11.8 Å². The number of anilines is 1. The van der Waals surface area contributed by atoms with E-state index in [9.17, 15) is 19.1 Å². The number of hydrogen-bond acceptors (Lipinski definition) is 4. The minimum atomic E-state index is -0.630. The number of carbonyl (C=O) groups is 2. The first-order valence-corrected chi connectivity index (χ1v) is 7.81. The molecule has 0 bridgehead atoms. The van der Waals surface area contributed by atoms with Crippen LogP contribution in [0.2, 0.25) is 0 Å². The van der Waals surface area contributed by atoms with Crippen LogP contribution in [0.25, 0.3) is 0 Å². The zero-order chi connectivity index (χ0) is 18.1. The summed E-state index contributed by atoms with van der Waals surface area (Å²) in [6.07, 6.45) is 0. The Hall–Kier alpha value is -2.86. The van der Waals surface area contributed by atoms with Crippen molar-refractivity contribution in [2.45, 2.75) is 13.5 Å². The van der Waals surface area contributed by atoms with Gasteiger partial charge in [0, 0.05) is 11.8 Å². The highest BCUT2D eigenvalue weighted by molar-refractivity contribution is 6.48. The van der Waals surface area contributed by atoms with Gasteiger partial charge in [-0.25, -0.2) is 4.39 Å². The number of amides is 2. The van der Waals surface area contributed by atoms with Crippen LogP contribution in [0.15, 0.2) is 53.2 Å². The number of phenolic OH excluding ortho intramolecular Hbond substituents is 1. The molecule has 0 unspecified atom stereocenters. The van der Waals surface area contributed by atoms with E-state index in [4.69, 9.17) is 11.6 Å². The van der Waals surface area contributed by atoms with Crippen LogP contribution in [0, 0.1) is 12.7 Å². The fourth-order valence-electron chi connectivity index (χ4n) is 2.40. The average molecular weight is 361 g/mol. The van der Waals surface area contributed by atoms with Gasteiger partial charge in [-0.15, -0.1) is 0 Å². The number of halogens is 2. The molecule has 2 amide bonds. The Labute approximate surface area is 148 Å². The van der Waals surface area contributed by atoms with Crippen molar-refractivity contribution in [1.29, 1.82) is 0 Å². The van der Waals surface area contributed by atoms with Gasteiger partial charge in [0.2, 0.25) is 0 Å². The van der Waals surface area contributed by atoms with Gasteiger partial charge in [-0.1, -0.05) is 29.8 Å². The number of phenols is 1. The summed E-state index contributed by atoms with van der Waals surface area (Å²) in [4.78, 5) is 25.8. The van der Waals surface area contributed by atoms with Gasteiger partial charge < -0.3 is 10.4 Å². The van der Waals surface area contributed by atoms with Crippen molar-refractivity contribution in [1.82, 2.24) is 4.90 Å². The van der Waals surface area contributed by atoms with E-state index in [-0.39, 0.29) is 23.0 Å². The minimum Gasteiger partial charge on any atom is -0.508 e. The number of hydrogen-bond donors (Lipinski definition) is 2. The molecular weight excluding hydrogens is 347 g/mol. The monoisotopic (exact) mass is 360 g/mol. The fraction of sp³-hybridized carbons (Fsp3) is 0.111. The maximum Gasteiger partial charge on any atom is 0.279 e. The summed E-state index contributed by atoms with van der Waals surface area (Å²) in [7, 11) is 0. The first kappa shape index (κ1) is 17.0. The number of carbonyl (C=O) groups excluding carboxylic acids is 2. The van der Waals surface area contributed by atoms with Crippen LogP contribution >= 0.6 is 11.6 Å². The van der Waals surface area contributed by atoms with E-state index in [1.54, 1.807) is 19.1 Å². The van der Waals surface area contributed by atoms with Crippen molar-refractivity contribution in [2.24, 2.45) is 0 Å². The molecule has 25 heavy (non-hydrogen) atoms. The maximum atomic E-state index is 13.0. The zero-order valence-electron chi connectivity index (χ0n) is 13.2. The van der Waals surface area contributed by atoms with Gasteiger partial charge in [-0.3, -0.25) is 14.5 Å². The third kappa shape index (κ3) is 3.34. The lowest BCUT2D eigenvalue weighted by Crippen LogP contribution is -2.31. The fourth-order valence-corrected chi connectivity index (χ4v) is 2.63. The Balaban J connectivity index is 1.81. The maximum absolute atomic E-state index is 13.0. The third-order valence-electron chi connectivity index (χ3n) is 3.84. The van der Waals surface area contributed by atoms with E-state index >= 15 is 0 Å². The molecule has 128 valence electrons. The highest BCUT2D eigenvalue weighted by Crippen LogP contribution is 2.29. The van der Waals surface area contributed by atoms with Crippen LogP contribution in [-0.2, 0) is 16.1 Å². The second-order valence-electron chi connectivity index (χ2n) is 5.64. The van der Waals surface area contributed by atoms with E-state index in [1.807, 2.05) is 0 Å². The van der Waals surface area contributed by atoms with Gasteiger partial charge in [0.15, 0.2) is 0 Å². The van der Waals surface area contributed by atoms with Gasteiger partial charge >= 0.3 is 0 Å². The molecule has 1 aliphatic rings. The van der Waals surface area contributed by atoms with Gasteiger partial charge in [-0.05, 0) is 36.2 Å². The molecule has 0 fully saturated rings. The Morgan fingerprint density at radius 2 is 1.80 bits per heavy atom. The standard InChI is InChI=1S/C18H14ClFN2O3/c1-10-2-7-13(8-14(10)23)21-16-15(19)17(24)22(18(16)25)9-11-3-5-12(20)6-4-11/h2-8,21,23H,9H2,1H3. The molecule has 0 aliphatic carbocycles. The predicted molar refractivity (Wildman–Crippen MR) is 91.3 cm³/mol. The molecule has 2 N–H and O–H groups in total. The molecule has 0 atom stereocenters. The Kier molecular flexibility index (Phi) is 4.46. The average Bonchev–Trinajstić information content (AvgIpc) is 2.78. The van der Waals surface area contributed by atoms with Crippen LogP contribution in [-0.4, -0.2) is 21.8 Å². The SMILES string of the molecule is Cc1ccc(NC2=C(Cl)C(=O)N(Cc3ccc(F)cc3)C2=O)cc1O. The summed E-state index contributed by atoms with van der Waals surface area (Å²) >= 11 is 6.01. The number of nitrogens with zero attached hydrogens (tertiary/aromatic N) is 1. The largest absolute Gasteiger partial charge is 0.508 e. The van der Waals surface area contributed by atoms with Crippen molar-refractivity contribution in [3.8, 4) is 5.75 Å². The molecule has 0 aromatic heterocycles. The van der Waals surface area contributed by atoms with Crippen LogP contribution in [0.3, 0.4) is 0 Å². The topological polar surface area (TPSA) is 69.6 Å². The van der Waals surface area contributed by atoms with Crippen molar-refractivity contribution < 1.29 is 19.1 Å². The molecule has 7 heteroatoms. The number of rotatable bonds is 4. The normalized spacial score (nSPS) is 14.4. The molecule has 0 spiro atoms. The van der Waals surface area contributed by atoms with Crippen LogP contribution in [0.4, 0.5) is 10.1 Å². The molecule has 0 radical (unpaired) electrons. The number of nitrogens with one attached hydrogen (secondary N) is 1. The lowest BCUT2D eigenvalue weighted by Gasteiger charge is -2.15. The predicted octanol–water partition coefficient (Wildman–Crippen LogP) is 3.27. The molecule has 5 nitrogen and oxygen atoms in total. The summed E-state index contributed by atoms with van der Waals surface area (Å²) in [6.45, 7) is 1.72. The van der Waals surface area contributed by atoms with Crippen LogP contribution in [0.5, 0.6) is 5.75 Å². The van der Waals surface area contributed by atoms with Gasteiger partial charge in [0.05, 0.1) is 6.54 Å². The zero-order valence-corrected chi connectivity index (χ0v) is 14.0. The number of aromatic hydroxyl groups is 1. The lowest BCUT2D eigenvalue weighted by atomic mass is 10.2. The smallest absolute Gasteiger partial charge is 0.279 e. The number of imide groups is 1. The Bertz CT molecular complexity index is 894. The van der Waals surface area contributed by atoms with E-state index in [2.05, 4.69) is 5.32 Å². The number of aryl methyl sites for hydroxylation is 1. The Morgan fingerprint density at radius 1 is 1.12 bits per heavy atom. The molecule has 1 aliphatic heterocycles. The summed E-state index contributed by atoms with van der Waals surface area (Å²) < 4.78 is 13.0. The number of benzene rings is 2. The van der Waals surface area contributed by atoms with Crippen molar-refractivity contribution in [2.75, 3.05) is 5.32 Å². The van der Waals surface area contributed by atoms with E-state index in [1.165, 1.54) is 30.3 Å². The second kappa shape index (κ2) is 6.57. The molecular formula is C18H14ClFN2O3. The Morgan fingerprint density at radius 3 is 2.44 bits per heavy atom. The first-order valence-electron chi connectivity index (χ1n) is 7.44. The second-order valence-corrected chi connectivity index (χ2v) is 6.02. The quantitative estimate of drug-likeness (QED) is 0.821.